The van der Waals surface area contributed by atoms with E-state index in [0.29, 0.717) is 47.2 Å². The van der Waals surface area contributed by atoms with Crippen LogP contribution in [0, 0.1) is 6.92 Å². The summed E-state index contributed by atoms with van der Waals surface area (Å²) < 4.78 is 33.1. The van der Waals surface area contributed by atoms with E-state index in [2.05, 4.69) is 20.1 Å². The van der Waals surface area contributed by atoms with Crippen LogP contribution in [0.5, 0.6) is 0 Å². The zero-order valence-corrected chi connectivity index (χ0v) is 20.0. The summed E-state index contributed by atoms with van der Waals surface area (Å²) in [4.78, 5) is 27.3. The number of nitrogens with zero attached hydrogens (tertiary/aromatic N) is 5. The molecular formula is C22H22N6O4S2. The number of hydrogen-bond acceptors (Lipinski definition) is 8. The third kappa shape index (κ3) is 4.31. The Kier molecular flexibility index (Phi) is 6.11. The molecule has 0 saturated carbocycles. The summed E-state index contributed by atoms with van der Waals surface area (Å²) in [5, 5.41) is 4.35. The summed E-state index contributed by atoms with van der Waals surface area (Å²) in [5.41, 5.74) is 1.10. The molecule has 0 atom stereocenters. The zero-order valence-electron chi connectivity index (χ0n) is 18.3. The van der Waals surface area contributed by atoms with Gasteiger partial charge in [0.05, 0.1) is 11.3 Å². The first-order valence-corrected chi connectivity index (χ1v) is 13.1. The number of piperazine rings is 1. The number of nitrogens with one attached hydrogen (secondary N) is 1. The molecular weight excluding hydrogens is 476 g/mol. The molecule has 0 spiro atoms. The number of sulfonamides is 1. The first-order chi connectivity index (χ1) is 16.4. The molecule has 34 heavy (non-hydrogen) atoms. The fraction of sp³-hybridized carbons (Fsp3) is 0.273. The summed E-state index contributed by atoms with van der Waals surface area (Å²) in [6, 6.07) is 10.8. The molecule has 1 aliphatic heterocycles. The number of amides is 1. The topological polar surface area (TPSA) is 125 Å². The van der Waals surface area contributed by atoms with Gasteiger partial charge in [-0.15, -0.1) is 11.8 Å². The molecule has 4 heterocycles. The highest BCUT2D eigenvalue weighted by Crippen LogP contribution is 2.28. The Morgan fingerprint density at radius 1 is 1.15 bits per heavy atom. The maximum absolute atomic E-state index is 13.3. The Hall–Kier alpha value is -3.22. The van der Waals surface area contributed by atoms with Crippen molar-refractivity contribution in [3.8, 4) is 0 Å². The van der Waals surface area contributed by atoms with Crippen LogP contribution in [-0.4, -0.2) is 69.8 Å². The Morgan fingerprint density at radius 2 is 1.94 bits per heavy atom. The summed E-state index contributed by atoms with van der Waals surface area (Å²) >= 11 is 1.45. The molecule has 5 rings (SSSR count). The van der Waals surface area contributed by atoms with Gasteiger partial charge in [-0.3, -0.25) is 4.79 Å². The van der Waals surface area contributed by atoms with E-state index in [-0.39, 0.29) is 23.9 Å². The summed E-state index contributed by atoms with van der Waals surface area (Å²) in [6.45, 7) is 2.81. The second-order valence-electron chi connectivity index (χ2n) is 7.77. The number of carbonyl (C=O) groups excluding carboxylic acids is 1. The number of benzene rings is 1. The van der Waals surface area contributed by atoms with Gasteiger partial charge in [-0.2, -0.15) is 9.29 Å². The van der Waals surface area contributed by atoms with E-state index in [1.54, 1.807) is 36.2 Å². The second kappa shape index (κ2) is 9.20. The number of aryl methyl sites for hydroxylation is 1. The lowest BCUT2D eigenvalue weighted by molar-refractivity contribution is 0.0694. The van der Waals surface area contributed by atoms with Gasteiger partial charge < -0.3 is 14.4 Å². The van der Waals surface area contributed by atoms with Gasteiger partial charge in [-0.05, 0) is 31.2 Å². The summed E-state index contributed by atoms with van der Waals surface area (Å²) in [7, 11) is -3.71. The molecule has 1 aliphatic rings. The molecule has 1 saturated heterocycles. The van der Waals surface area contributed by atoms with Crippen LogP contribution in [-0.2, 0) is 15.8 Å². The summed E-state index contributed by atoms with van der Waals surface area (Å²) in [6.07, 6.45) is 3.09. The fourth-order valence-corrected chi connectivity index (χ4v) is 6.35. The van der Waals surface area contributed by atoms with Crippen molar-refractivity contribution in [1.82, 2.24) is 29.3 Å². The van der Waals surface area contributed by atoms with Gasteiger partial charge in [-0.1, -0.05) is 17.3 Å². The van der Waals surface area contributed by atoms with Crippen LogP contribution < -0.4 is 0 Å². The predicted octanol–water partition coefficient (Wildman–Crippen LogP) is 2.69. The maximum Gasteiger partial charge on any atom is 0.255 e. The molecule has 0 bridgehead atoms. The number of aromatic amines is 1. The lowest BCUT2D eigenvalue weighted by atomic mass is 10.2. The number of carbonyl (C=O) groups is 1. The van der Waals surface area contributed by atoms with E-state index in [4.69, 9.17) is 4.52 Å². The Labute approximate surface area is 200 Å². The normalized spacial score (nSPS) is 15.1. The molecule has 3 aromatic heterocycles. The van der Waals surface area contributed by atoms with Crippen molar-refractivity contribution in [3.05, 3.63) is 66.1 Å². The van der Waals surface area contributed by atoms with E-state index in [0.717, 1.165) is 4.90 Å². The number of rotatable bonds is 6. The molecule has 1 N–H and O–H groups in total. The van der Waals surface area contributed by atoms with Crippen molar-refractivity contribution in [2.45, 2.75) is 22.5 Å². The zero-order chi connectivity index (χ0) is 23.7. The molecule has 4 aromatic rings. The highest BCUT2D eigenvalue weighted by Gasteiger charge is 2.32. The highest BCUT2D eigenvalue weighted by molar-refractivity contribution is 7.98. The van der Waals surface area contributed by atoms with E-state index in [9.17, 15) is 13.2 Å². The highest BCUT2D eigenvalue weighted by atomic mass is 32.2. The molecule has 1 aromatic carbocycles. The molecule has 0 aliphatic carbocycles. The van der Waals surface area contributed by atoms with Crippen LogP contribution >= 0.6 is 11.8 Å². The maximum atomic E-state index is 13.3. The van der Waals surface area contributed by atoms with Gasteiger partial charge in [0.15, 0.2) is 5.82 Å². The average molecular weight is 499 g/mol. The number of fused-ring (bicyclic) bond motifs is 1. The van der Waals surface area contributed by atoms with Crippen LogP contribution in [0.2, 0.25) is 0 Å². The SMILES string of the molecule is Cc1noc(CSc2ccccc2C(=O)N2CCN(S(=O)(=O)c3c[nH]c4ncccc34)CC2)n1. The van der Waals surface area contributed by atoms with Crippen molar-refractivity contribution in [2.24, 2.45) is 0 Å². The minimum absolute atomic E-state index is 0.127. The number of hydrogen-bond donors (Lipinski definition) is 1. The monoisotopic (exact) mass is 498 g/mol. The fourth-order valence-electron chi connectivity index (χ4n) is 3.89. The number of thioether (sulfide) groups is 1. The smallest absolute Gasteiger partial charge is 0.255 e. The molecule has 1 amide bonds. The number of aromatic nitrogens is 4. The van der Waals surface area contributed by atoms with E-state index in [1.807, 2.05) is 18.2 Å². The molecule has 10 nitrogen and oxygen atoms in total. The van der Waals surface area contributed by atoms with Crippen LogP contribution in [0.3, 0.4) is 0 Å². The van der Waals surface area contributed by atoms with Gasteiger partial charge in [0.25, 0.3) is 5.91 Å². The van der Waals surface area contributed by atoms with Crippen molar-refractivity contribution < 1.29 is 17.7 Å². The quantitative estimate of drug-likeness (QED) is 0.402. The first-order valence-electron chi connectivity index (χ1n) is 10.7. The van der Waals surface area contributed by atoms with Gasteiger partial charge >= 0.3 is 0 Å². The summed E-state index contributed by atoms with van der Waals surface area (Å²) in [5.74, 6) is 1.39. The van der Waals surface area contributed by atoms with E-state index < -0.39 is 10.0 Å². The Balaban J connectivity index is 1.27. The van der Waals surface area contributed by atoms with Crippen molar-refractivity contribution in [2.75, 3.05) is 26.2 Å². The van der Waals surface area contributed by atoms with Gasteiger partial charge in [0.2, 0.25) is 15.9 Å². The standard InChI is InChI=1S/C22H22N6O4S2/c1-15-25-20(32-26-15)14-33-18-7-3-2-5-16(18)22(29)27-9-11-28(12-10-27)34(30,31)19-13-24-21-17(19)6-4-8-23-21/h2-8,13H,9-12,14H2,1H3,(H,23,24). The third-order valence-corrected chi connectivity index (χ3v) is 8.59. The molecule has 12 heteroatoms. The van der Waals surface area contributed by atoms with Gasteiger partial charge in [0, 0.05) is 48.9 Å². The lowest BCUT2D eigenvalue weighted by Gasteiger charge is -2.34. The molecule has 0 unspecified atom stereocenters. The van der Waals surface area contributed by atoms with Crippen molar-refractivity contribution in [1.29, 1.82) is 0 Å². The first kappa shape index (κ1) is 22.6. The van der Waals surface area contributed by atoms with Gasteiger partial charge in [0.1, 0.15) is 10.5 Å². The Bertz CT molecular complexity index is 1440. The number of pyridine rings is 1. The second-order valence-corrected chi connectivity index (χ2v) is 10.7. The van der Waals surface area contributed by atoms with Crippen LogP contribution in [0.25, 0.3) is 11.0 Å². The predicted molar refractivity (Wildman–Crippen MR) is 126 cm³/mol. The molecule has 176 valence electrons. The van der Waals surface area contributed by atoms with E-state index >= 15 is 0 Å². The van der Waals surface area contributed by atoms with Crippen LogP contribution in [0.15, 0.2) is 63.1 Å². The molecule has 1 fully saturated rings. The Morgan fingerprint density at radius 3 is 2.71 bits per heavy atom. The van der Waals surface area contributed by atoms with Gasteiger partial charge in [-0.25, -0.2) is 13.4 Å². The molecule has 0 radical (unpaired) electrons. The number of H-pyrrole nitrogens is 1. The van der Waals surface area contributed by atoms with Crippen molar-refractivity contribution >= 4 is 38.7 Å². The lowest BCUT2D eigenvalue weighted by Crippen LogP contribution is -2.50. The average Bonchev–Trinajstić information content (AvgIpc) is 3.49. The minimum atomic E-state index is -3.71. The van der Waals surface area contributed by atoms with Crippen LogP contribution in [0.4, 0.5) is 0 Å². The third-order valence-electron chi connectivity index (χ3n) is 5.60. The largest absolute Gasteiger partial charge is 0.345 e. The van der Waals surface area contributed by atoms with Crippen LogP contribution in [0.1, 0.15) is 22.1 Å². The van der Waals surface area contributed by atoms with Crippen molar-refractivity contribution in [3.63, 3.8) is 0 Å². The minimum Gasteiger partial charge on any atom is -0.345 e. The van der Waals surface area contributed by atoms with E-state index in [1.165, 1.54) is 22.3 Å².